The molecule has 1 aromatic rings. The van der Waals surface area contributed by atoms with Crippen LogP contribution in [0, 0.1) is 18.3 Å². The smallest absolute Gasteiger partial charge is 0.0521 e. The van der Waals surface area contributed by atoms with Crippen LogP contribution in [0.4, 0.5) is 5.69 Å². The zero-order valence-electron chi connectivity index (χ0n) is 13.1. The molecule has 2 atom stereocenters. The van der Waals surface area contributed by atoms with Crippen LogP contribution < -0.4 is 11.1 Å². The minimum Gasteiger partial charge on any atom is -0.377 e. The van der Waals surface area contributed by atoms with E-state index in [0.717, 1.165) is 10.9 Å². The van der Waals surface area contributed by atoms with Gasteiger partial charge in [0.1, 0.15) is 0 Å². The third kappa shape index (κ3) is 3.20. The summed E-state index contributed by atoms with van der Waals surface area (Å²) in [5, 5.41) is 3.77. The molecule has 0 bridgehead atoms. The fourth-order valence-electron chi connectivity index (χ4n) is 3.48. The second kappa shape index (κ2) is 5.69. The van der Waals surface area contributed by atoms with E-state index in [-0.39, 0.29) is 5.54 Å². The molecule has 0 radical (unpaired) electrons. The lowest BCUT2D eigenvalue weighted by atomic mass is 9.63. The Balaban J connectivity index is 2.26. The molecule has 0 spiro atoms. The Morgan fingerprint density at radius 3 is 2.65 bits per heavy atom. The van der Waals surface area contributed by atoms with Gasteiger partial charge in [0.05, 0.1) is 5.54 Å². The van der Waals surface area contributed by atoms with Crippen molar-refractivity contribution in [3.05, 3.63) is 28.2 Å². The van der Waals surface area contributed by atoms with Crippen LogP contribution in [0.5, 0.6) is 0 Å². The van der Waals surface area contributed by atoms with Crippen LogP contribution in [0.25, 0.3) is 0 Å². The summed E-state index contributed by atoms with van der Waals surface area (Å²) in [5.41, 5.74) is 9.07. The van der Waals surface area contributed by atoms with Crippen molar-refractivity contribution in [2.45, 2.75) is 52.5 Å². The van der Waals surface area contributed by atoms with E-state index in [1.54, 1.807) is 0 Å². The molecule has 0 heterocycles. The molecular weight excluding hydrogens is 312 g/mol. The maximum atomic E-state index is 6.18. The topological polar surface area (TPSA) is 38.0 Å². The van der Waals surface area contributed by atoms with E-state index < -0.39 is 0 Å². The monoisotopic (exact) mass is 338 g/mol. The summed E-state index contributed by atoms with van der Waals surface area (Å²) in [6, 6.07) is 6.44. The van der Waals surface area contributed by atoms with Crippen LogP contribution in [0.15, 0.2) is 22.7 Å². The number of aryl methyl sites for hydroxylation is 1. The first-order valence-electron chi connectivity index (χ1n) is 7.52. The zero-order chi connectivity index (χ0) is 15.0. The van der Waals surface area contributed by atoms with E-state index in [1.807, 2.05) is 0 Å². The van der Waals surface area contributed by atoms with E-state index >= 15 is 0 Å². The highest BCUT2D eigenvalue weighted by Gasteiger charge is 2.43. The quantitative estimate of drug-likeness (QED) is 0.837. The van der Waals surface area contributed by atoms with Gasteiger partial charge >= 0.3 is 0 Å². The Morgan fingerprint density at radius 2 is 2.05 bits per heavy atom. The Morgan fingerprint density at radius 1 is 1.35 bits per heavy atom. The highest BCUT2D eigenvalue weighted by atomic mass is 79.9. The number of hydrogen-bond acceptors (Lipinski definition) is 2. The lowest BCUT2D eigenvalue weighted by Crippen LogP contribution is -2.55. The van der Waals surface area contributed by atoms with Crippen LogP contribution in [-0.4, -0.2) is 12.1 Å². The maximum absolute atomic E-state index is 6.18. The highest BCUT2D eigenvalue weighted by Crippen LogP contribution is 2.45. The molecule has 3 heteroatoms. The average molecular weight is 339 g/mol. The van der Waals surface area contributed by atoms with Crippen molar-refractivity contribution in [1.82, 2.24) is 0 Å². The Hall–Kier alpha value is -0.540. The number of benzene rings is 1. The number of rotatable bonds is 3. The van der Waals surface area contributed by atoms with Crippen LogP contribution >= 0.6 is 15.9 Å². The van der Waals surface area contributed by atoms with Crippen molar-refractivity contribution in [1.29, 1.82) is 0 Å². The number of nitrogens with two attached hydrogens (primary N) is 1. The molecule has 0 saturated heterocycles. The van der Waals surface area contributed by atoms with Crippen LogP contribution in [-0.2, 0) is 0 Å². The van der Waals surface area contributed by atoms with Crippen LogP contribution in [0.2, 0.25) is 0 Å². The van der Waals surface area contributed by atoms with Gasteiger partial charge in [0.25, 0.3) is 0 Å². The lowest BCUT2D eigenvalue weighted by molar-refractivity contribution is 0.120. The molecule has 1 aliphatic carbocycles. The van der Waals surface area contributed by atoms with E-state index in [4.69, 9.17) is 5.73 Å². The minimum atomic E-state index is 0.0197. The van der Waals surface area contributed by atoms with Crippen molar-refractivity contribution in [2.75, 3.05) is 11.9 Å². The lowest BCUT2D eigenvalue weighted by Gasteiger charge is -2.49. The van der Waals surface area contributed by atoms with E-state index in [9.17, 15) is 0 Å². The first kappa shape index (κ1) is 15.8. The molecule has 2 rings (SSSR count). The molecule has 0 amide bonds. The third-order valence-corrected chi connectivity index (χ3v) is 5.61. The molecule has 3 N–H and O–H groups in total. The summed E-state index contributed by atoms with van der Waals surface area (Å²) >= 11 is 3.65. The van der Waals surface area contributed by atoms with Gasteiger partial charge in [0, 0.05) is 16.7 Å². The SMILES string of the molecule is Cc1ccc(Br)c(NC2(CN)CCC(C)(C)CC2C)c1. The van der Waals surface area contributed by atoms with Gasteiger partial charge < -0.3 is 11.1 Å². The normalized spacial score (nSPS) is 29.2. The van der Waals surface area contributed by atoms with E-state index in [2.05, 4.69) is 67.1 Å². The van der Waals surface area contributed by atoms with E-state index in [1.165, 1.54) is 24.1 Å². The largest absolute Gasteiger partial charge is 0.377 e. The standard InChI is InChI=1S/C17H27BrN2/c1-12-5-6-14(18)15(9-12)20-17(11-19)8-7-16(3,4)10-13(17)2/h5-6,9,13,20H,7-8,10-11,19H2,1-4H3. The molecule has 0 aliphatic heterocycles. The molecule has 1 saturated carbocycles. The number of hydrogen-bond donors (Lipinski definition) is 2. The predicted octanol–water partition coefficient (Wildman–Crippen LogP) is 4.71. The first-order chi connectivity index (χ1) is 9.28. The van der Waals surface area contributed by atoms with Crippen molar-refractivity contribution >= 4 is 21.6 Å². The average Bonchev–Trinajstić information content (AvgIpc) is 2.37. The molecular formula is C17H27BrN2. The summed E-state index contributed by atoms with van der Waals surface area (Å²) in [6.07, 6.45) is 3.59. The molecule has 0 aromatic heterocycles. The number of halogens is 1. The van der Waals surface area contributed by atoms with Gasteiger partial charge in [-0.05, 0) is 71.1 Å². The van der Waals surface area contributed by atoms with Gasteiger partial charge in [-0.25, -0.2) is 0 Å². The molecule has 20 heavy (non-hydrogen) atoms. The molecule has 112 valence electrons. The number of anilines is 1. The van der Waals surface area contributed by atoms with Gasteiger partial charge in [0.2, 0.25) is 0 Å². The van der Waals surface area contributed by atoms with E-state index in [0.29, 0.717) is 17.9 Å². The van der Waals surface area contributed by atoms with Crippen molar-refractivity contribution in [3.63, 3.8) is 0 Å². The molecule has 1 aliphatic rings. The summed E-state index contributed by atoms with van der Waals surface area (Å²) in [5.74, 6) is 0.573. The summed E-state index contributed by atoms with van der Waals surface area (Å²) in [7, 11) is 0. The third-order valence-electron chi connectivity index (χ3n) is 4.92. The second-order valence-corrected chi connectivity index (χ2v) is 8.09. The van der Waals surface area contributed by atoms with Gasteiger partial charge in [-0.15, -0.1) is 0 Å². The first-order valence-corrected chi connectivity index (χ1v) is 8.32. The van der Waals surface area contributed by atoms with Crippen molar-refractivity contribution in [3.8, 4) is 0 Å². The van der Waals surface area contributed by atoms with Gasteiger partial charge in [-0.3, -0.25) is 0 Å². The van der Waals surface area contributed by atoms with Gasteiger partial charge in [-0.1, -0.05) is 26.8 Å². The zero-order valence-corrected chi connectivity index (χ0v) is 14.7. The number of nitrogens with one attached hydrogen (secondary N) is 1. The van der Waals surface area contributed by atoms with Gasteiger partial charge in [0.15, 0.2) is 0 Å². The molecule has 2 unspecified atom stereocenters. The Labute approximate surface area is 131 Å². The van der Waals surface area contributed by atoms with Crippen molar-refractivity contribution in [2.24, 2.45) is 17.1 Å². The van der Waals surface area contributed by atoms with Crippen LogP contribution in [0.1, 0.15) is 45.6 Å². The highest BCUT2D eigenvalue weighted by molar-refractivity contribution is 9.10. The molecule has 2 nitrogen and oxygen atoms in total. The maximum Gasteiger partial charge on any atom is 0.0521 e. The summed E-state index contributed by atoms with van der Waals surface area (Å²) < 4.78 is 1.12. The minimum absolute atomic E-state index is 0.0197. The molecule has 1 fully saturated rings. The fourth-order valence-corrected chi connectivity index (χ4v) is 3.82. The summed E-state index contributed by atoms with van der Waals surface area (Å²) in [4.78, 5) is 0. The molecule has 1 aromatic carbocycles. The van der Waals surface area contributed by atoms with Crippen LogP contribution in [0.3, 0.4) is 0 Å². The Kier molecular flexibility index (Phi) is 4.50. The second-order valence-electron chi connectivity index (χ2n) is 7.24. The summed E-state index contributed by atoms with van der Waals surface area (Å²) in [6.45, 7) is 9.88. The fraction of sp³-hybridized carbons (Fsp3) is 0.647. The Bertz CT molecular complexity index is 484. The predicted molar refractivity (Wildman–Crippen MR) is 91.1 cm³/mol. The van der Waals surface area contributed by atoms with Crippen molar-refractivity contribution < 1.29 is 0 Å². The van der Waals surface area contributed by atoms with Gasteiger partial charge in [-0.2, -0.15) is 0 Å².